The van der Waals surface area contributed by atoms with Gasteiger partial charge in [0.1, 0.15) is 16.9 Å². The molecule has 2 aromatic carbocycles. The first-order valence-electron chi connectivity index (χ1n) is 9.58. The first kappa shape index (κ1) is 17.4. The van der Waals surface area contributed by atoms with E-state index in [1.54, 1.807) is 6.20 Å². The van der Waals surface area contributed by atoms with Crippen molar-refractivity contribution in [3.05, 3.63) is 96.4 Å². The van der Waals surface area contributed by atoms with E-state index in [9.17, 15) is 0 Å². The Balaban J connectivity index is 1.61. The van der Waals surface area contributed by atoms with Crippen LogP contribution in [0.4, 0.5) is 0 Å². The summed E-state index contributed by atoms with van der Waals surface area (Å²) >= 11 is 0. The molecule has 3 heterocycles. The molecule has 0 radical (unpaired) electrons. The molecule has 3 aromatic heterocycles. The molecule has 0 spiro atoms. The summed E-state index contributed by atoms with van der Waals surface area (Å²) in [6, 6.07) is 23.8. The smallest absolute Gasteiger partial charge is 0.219 e. The molecule has 5 rings (SSSR count). The highest BCUT2D eigenvalue weighted by Gasteiger charge is 2.25. The number of benzene rings is 2. The van der Waals surface area contributed by atoms with Crippen LogP contribution in [-0.2, 0) is 5.41 Å². The van der Waals surface area contributed by atoms with Crippen molar-refractivity contribution in [1.29, 1.82) is 0 Å². The van der Waals surface area contributed by atoms with Crippen molar-refractivity contribution >= 4 is 21.9 Å². The van der Waals surface area contributed by atoms with Crippen molar-refractivity contribution in [2.75, 3.05) is 0 Å². The molecule has 4 nitrogen and oxygen atoms in total. The summed E-state index contributed by atoms with van der Waals surface area (Å²) in [4.78, 5) is 8.80. The van der Waals surface area contributed by atoms with E-state index in [4.69, 9.17) is 9.15 Å². The molecule has 0 aliphatic rings. The second-order valence-electron chi connectivity index (χ2n) is 7.58. The minimum absolute atomic E-state index is 0.221. The van der Waals surface area contributed by atoms with Crippen LogP contribution < -0.4 is 4.74 Å². The van der Waals surface area contributed by atoms with Crippen molar-refractivity contribution < 1.29 is 9.15 Å². The molecule has 0 N–H and O–H groups in total. The van der Waals surface area contributed by atoms with E-state index in [0.717, 1.165) is 33.4 Å². The molecule has 0 bridgehead atoms. The lowest BCUT2D eigenvalue weighted by molar-refractivity contribution is 0.463. The zero-order valence-corrected chi connectivity index (χ0v) is 16.3. The molecule has 0 saturated carbocycles. The van der Waals surface area contributed by atoms with Crippen LogP contribution in [0.25, 0.3) is 21.9 Å². The number of hydrogen-bond donors (Lipinski definition) is 0. The third kappa shape index (κ3) is 3.13. The molecule has 0 atom stereocenters. The van der Waals surface area contributed by atoms with E-state index in [0.29, 0.717) is 5.88 Å². The molecule has 0 aliphatic heterocycles. The van der Waals surface area contributed by atoms with Crippen LogP contribution in [0.15, 0.2) is 89.6 Å². The van der Waals surface area contributed by atoms with Gasteiger partial charge in [0.15, 0.2) is 0 Å². The molecule has 142 valence electrons. The molecule has 0 unspecified atom stereocenters. The van der Waals surface area contributed by atoms with Gasteiger partial charge in [-0.3, -0.25) is 4.98 Å². The summed E-state index contributed by atoms with van der Waals surface area (Å²) in [5.41, 5.74) is 3.69. The van der Waals surface area contributed by atoms with Gasteiger partial charge in [-0.1, -0.05) is 32.0 Å². The van der Waals surface area contributed by atoms with Crippen LogP contribution in [0.2, 0.25) is 0 Å². The standard InChI is InChI=1S/C25H20N2O2/c1-25(2,23-7-3-5-13-26-23)17-9-11-21-19(15-17)20-16-18(10-12-22(20)29-21)28-24-8-4-6-14-27-24/h3-16H,1-2H3. The number of rotatable bonds is 4. The minimum atomic E-state index is -0.221. The van der Waals surface area contributed by atoms with E-state index in [2.05, 4.69) is 42.0 Å². The van der Waals surface area contributed by atoms with Gasteiger partial charge in [0.05, 0.1) is 5.69 Å². The lowest BCUT2D eigenvalue weighted by Crippen LogP contribution is -2.20. The second kappa shape index (κ2) is 6.74. The molecule has 5 aromatic rings. The first-order chi connectivity index (χ1) is 14.1. The van der Waals surface area contributed by atoms with Gasteiger partial charge in [0.2, 0.25) is 5.88 Å². The molecular weight excluding hydrogens is 360 g/mol. The Bertz CT molecular complexity index is 1290. The Hall–Kier alpha value is -3.66. The highest BCUT2D eigenvalue weighted by atomic mass is 16.5. The Morgan fingerprint density at radius 3 is 2.21 bits per heavy atom. The van der Waals surface area contributed by atoms with Crippen molar-refractivity contribution in [1.82, 2.24) is 9.97 Å². The number of furan rings is 1. The summed E-state index contributed by atoms with van der Waals surface area (Å²) in [5, 5.41) is 2.08. The number of nitrogens with zero attached hydrogens (tertiary/aromatic N) is 2. The van der Waals surface area contributed by atoms with Gasteiger partial charge in [-0.2, -0.15) is 0 Å². The van der Waals surface area contributed by atoms with Gasteiger partial charge in [-0.25, -0.2) is 4.98 Å². The maximum atomic E-state index is 6.04. The lowest BCUT2D eigenvalue weighted by atomic mass is 9.80. The minimum Gasteiger partial charge on any atom is -0.456 e. The molecule has 0 amide bonds. The van der Waals surface area contributed by atoms with E-state index in [-0.39, 0.29) is 5.41 Å². The number of aromatic nitrogens is 2. The lowest BCUT2D eigenvalue weighted by Gasteiger charge is -2.24. The summed E-state index contributed by atoms with van der Waals surface area (Å²) in [7, 11) is 0. The van der Waals surface area contributed by atoms with Gasteiger partial charge in [0, 0.05) is 34.6 Å². The Morgan fingerprint density at radius 1 is 0.759 bits per heavy atom. The topological polar surface area (TPSA) is 48.2 Å². The summed E-state index contributed by atoms with van der Waals surface area (Å²) < 4.78 is 12.0. The fraction of sp³-hybridized carbons (Fsp3) is 0.120. The van der Waals surface area contributed by atoms with Gasteiger partial charge >= 0.3 is 0 Å². The maximum Gasteiger partial charge on any atom is 0.219 e. The summed E-state index contributed by atoms with van der Waals surface area (Å²) in [6.07, 6.45) is 3.55. The predicted octanol–water partition coefficient (Wildman–Crippen LogP) is 6.49. The Kier molecular flexibility index (Phi) is 4.06. The van der Waals surface area contributed by atoms with Crippen LogP contribution in [0.3, 0.4) is 0 Å². The van der Waals surface area contributed by atoms with Crippen LogP contribution in [0.5, 0.6) is 11.6 Å². The van der Waals surface area contributed by atoms with Crippen LogP contribution >= 0.6 is 0 Å². The molecule has 0 saturated heterocycles. The van der Waals surface area contributed by atoms with E-state index in [1.165, 1.54) is 5.56 Å². The summed E-state index contributed by atoms with van der Waals surface area (Å²) in [6.45, 7) is 4.38. The number of pyridine rings is 2. The molecule has 0 aliphatic carbocycles. The summed E-state index contributed by atoms with van der Waals surface area (Å²) in [5.74, 6) is 1.30. The van der Waals surface area contributed by atoms with E-state index < -0.39 is 0 Å². The maximum absolute atomic E-state index is 6.04. The molecular formula is C25H20N2O2. The zero-order chi connectivity index (χ0) is 19.8. The second-order valence-corrected chi connectivity index (χ2v) is 7.58. The highest BCUT2D eigenvalue weighted by molar-refractivity contribution is 6.05. The third-order valence-electron chi connectivity index (χ3n) is 5.33. The average Bonchev–Trinajstić information content (AvgIpc) is 3.12. The van der Waals surface area contributed by atoms with Crippen molar-refractivity contribution in [2.24, 2.45) is 0 Å². The van der Waals surface area contributed by atoms with E-state index in [1.807, 2.05) is 60.8 Å². The number of hydrogen-bond acceptors (Lipinski definition) is 4. The molecule has 0 fully saturated rings. The van der Waals surface area contributed by atoms with Crippen LogP contribution in [0, 0.1) is 0 Å². The van der Waals surface area contributed by atoms with Gasteiger partial charge in [-0.15, -0.1) is 0 Å². The predicted molar refractivity (Wildman–Crippen MR) is 114 cm³/mol. The van der Waals surface area contributed by atoms with Gasteiger partial charge < -0.3 is 9.15 Å². The average molecular weight is 380 g/mol. The number of fused-ring (bicyclic) bond motifs is 3. The fourth-order valence-electron chi connectivity index (χ4n) is 3.62. The highest BCUT2D eigenvalue weighted by Crippen LogP contribution is 2.37. The quantitative estimate of drug-likeness (QED) is 0.357. The largest absolute Gasteiger partial charge is 0.456 e. The van der Waals surface area contributed by atoms with Crippen LogP contribution in [0.1, 0.15) is 25.1 Å². The zero-order valence-electron chi connectivity index (χ0n) is 16.3. The van der Waals surface area contributed by atoms with E-state index >= 15 is 0 Å². The van der Waals surface area contributed by atoms with Crippen LogP contribution in [-0.4, -0.2) is 9.97 Å². The fourth-order valence-corrected chi connectivity index (χ4v) is 3.62. The first-order valence-corrected chi connectivity index (χ1v) is 9.58. The third-order valence-corrected chi connectivity index (χ3v) is 5.33. The van der Waals surface area contributed by atoms with Gasteiger partial charge in [0.25, 0.3) is 0 Å². The Morgan fingerprint density at radius 2 is 1.48 bits per heavy atom. The SMILES string of the molecule is CC(C)(c1ccc2oc3ccc(Oc4ccccn4)cc3c2c1)c1ccccn1. The van der Waals surface area contributed by atoms with Gasteiger partial charge in [-0.05, 0) is 54.1 Å². The monoisotopic (exact) mass is 380 g/mol. The number of ether oxygens (including phenoxy) is 1. The van der Waals surface area contributed by atoms with Crippen molar-refractivity contribution in [2.45, 2.75) is 19.3 Å². The van der Waals surface area contributed by atoms with Crippen molar-refractivity contribution in [3.8, 4) is 11.6 Å². The molecule has 29 heavy (non-hydrogen) atoms. The normalized spacial score (nSPS) is 11.8. The van der Waals surface area contributed by atoms with Crippen molar-refractivity contribution in [3.63, 3.8) is 0 Å². The molecule has 4 heteroatoms. The Labute approximate surface area is 168 Å².